The van der Waals surface area contributed by atoms with Crippen LogP contribution in [0.15, 0.2) is 59.2 Å². The van der Waals surface area contributed by atoms with E-state index in [1.807, 2.05) is 30.3 Å². The highest BCUT2D eigenvalue weighted by atomic mass is 79.9. The fourth-order valence-corrected chi connectivity index (χ4v) is 2.91. The third-order valence-corrected chi connectivity index (χ3v) is 3.98. The summed E-state index contributed by atoms with van der Waals surface area (Å²) < 4.78 is 1.02. The lowest BCUT2D eigenvalue weighted by atomic mass is 10.1. The first-order valence-corrected chi connectivity index (χ1v) is 7.66. The minimum atomic E-state index is 0.686. The van der Waals surface area contributed by atoms with E-state index in [9.17, 15) is 0 Å². The van der Waals surface area contributed by atoms with Gasteiger partial charge in [0.05, 0.1) is 23.1 Å². The number of fused-ring (bicyclic) bond motifs is 1. The maximum Gasteiger partial charge on any atom is 0.0756 e. The molecule has 0 saturated carbocycles. The van der Waals surface area contributed by atoms with E-state index in [1.54, 1.807) is 6.20 Å². The van der Waals surface area contributed by atoms with Crippen molar-refractivity contribution in [1.82, 2.24) is 4.98 Å². The molecule has 0 unspecified atom stereocenters. The SMILES string of the molecule is CCN(c1ccccc1)c1c(N)cnc2ccc(Br)cc12. The Morgan fingerprint density at radius 1 is 1.14 bits per heavy atom. The molecule has 21 heavy (non-hydrogen) atoms. The molecule has 0 aliphatic heterocycles. The predicted molar refractivity (Wildman–Crippen MR) is 93.0 cm³/mol. The molecule has 4 heteroatoms. The minimum absolute atomic E-state index is 0.686. The molecule has 106 valence electrons. The highest BCUT2D eigenvalue weighted by Gasteiger charge is 2.15. The monoisotopic (exact) mass is 341 g/mol. The van der Waals surface area contributed by atoms with Crippen molar-refractivity contribution in [2.75, 3.05) is 17.2 Å². The molecule has 0 spiro atoms. The van der Waals surface area contributed by atoms with E-state index in [2.05, 4.69) is 50.9 Å². The van der Waals surface area contributed by atoms with Crippen LogP contribution < -0.4 is 10.6 Å². The van der Waals surface area contributed by atoms with Gasteiger partial charge >= 0.3 is 0 Å². The second-order valence-corrected chi connectivity index (χ2v) is 5.72. The van der Waals surface area contributed by atoms with Crippen LogP contribution in [0.2, 0.25) is 0 Å². The van der Waals surface area contributed by atoms with Crippen LogP contribution in [0.25, 0.3) is 10.9 Å². The second-order valence-electron chi connectivity index (χ2n) is 4.80. The van der Waals surface area contributed by atoms with Crippen molar-refractivity contribution >= 4 is 43.9 Å². The number of nitrogens with zero attached hydrogens (tertiary/aromatic N) is 2. The summed E-state index contributed by atoms with van der Waals surface area (Å²) in [5, 5.41) is 1.05. The van der Waals surface area contributed by atoms with E-state index in [0.717, 1.165) is 33.3 Å². The summed E-state index contributed by atoms with van der Waals surface area (Å²) in [6, 6.07) is 16.3. The van der Waals surface area contributed by atoms with Crippen molar-refractivity contribution in [2.24, 2.45) is 0 Å². The first-order valence-electron chi connectivity index (χ1n) is 6.87. The standard InChI is InChI=1S/C17H16BrN3/c1-2-21(13-6-4-3-5-7-13)17-14-10-12(18)8-9-16(14)20-11-15(17)19/h3-11H,2,19H2,1H3. The van der Waals surface area contributed by atoms with E-state index in [-0.39, 0.29) is 0 Å². The molecule has 0 aliphatic rings. The van der Waals surface area contributed by atoms with Gasteiger partial charge in [0.25, 0.3) is 0 Å². The molecular formula is C17H16BrN3. The summed E-state index contributed by atoms with van der Waals surface area (Å²) in [6.45, 7) is 2.95. The van der Waals surface area contributed by atoms with E-state index in [0.29, 0.717) is 5.69 Å². The zero-order valence-corrected chi connectivity index (χ0v) is 13.3. The molecular weight excluding hydrogens is 326 g/mol. The Morgan fingerprint density at radius 2 is 1.90 bits per heavy atom. The lowest BCUT2D eigenvalue weighted by Crippen LogP contribution is -2.18. The predicted octanol–water partition coefficient (Wildman–Crippen LogP) is 4.74. The third-order valence-electron chi connectivity index (χ3n) is 3.48. The van der Waals surface area contributed by atoms with Crippen LogP contribution in [0.4, 0.5) is 17.1 Å². The molecule has 2 aromatic carbocycles. The summed E-state index contributed by atoms with van der Waals surface area (Å²) in [6.07, 6.45) is 1.73. The number of hydrogen-bond donors (Lipinski definition) is 1. The van der Waals surface area contributed by atoms with Crippen molar-refractivity contribution in [3.8, 4) is 0 Å². The van der Waals surface area contributed by atoms with E-state index < -0.39 is 0 Å². The van der Waals surface area contributed by atoms with Crippen LogP contribution in [0.3, 0.4) is 0 Å². The van der Waals surface area contributed by atoms with Crippen molar-refractivity contribution < 1.29 is 0 Å². The van der Waals surface area contributed by atoms with Gasteiger partial charge in [-0.25, -0.2) is 0 Å². The summed E-state index contributed by atoms with van der Waals surface area (Å²) in [7, 11) is 0. The normalized spacial score (nSPS) is 10.8. The number of pyridine rings is 1. The fraction of sp³-hybridized carbons (Fsp3) is 0.118. The number of anilines is 3. The molecule has 0 fully saturated rings. The number of benzene rings is 2. The lowest BCUT2D eigenvalue weighted by Gasteiger charge is -2.26. The lowest BCUT2D eigenvalue weighted by molar-refractivity contribution is 1.03. The van der Waals surface area contributed by atoms with Crippen LogP contribution in [-0.2, 0) is 0 Å². The molecule has 3 rings (SSSR count). The first-order chi connectivity index (χ1) is 10.2. The summed E-state index contributed by atoms with van der Waals surface area (Å²) in [4.78, 5) is 6.63. The Hall–Kier alpha value is -2.07. The molecule has 0 amide bonds. The van der Waals surface area contributed by atoms with Crippen LogP contribution in [0, 0.1) is 0 Å². The minimum Gasteiger partial charge on any atom is -0.396 e. The molecule has 1 aromatic heterocycles. The topological polar surface area (TPSA) is 42.1 Å². The molecule has 0 atom stereocenters. The third kappa shape index (κ3) is 2.59. The van der Waals surface area contributed by atoms with Crippen molar-refractivity contribution in [1.29, 1.82) is 0 Å². The highest BCUT2D eigenvalue weighted by molar-refractivity contribution is 9.10. The van der Waals surface area contributed by atoms with E-state index in [4.69, 9.17) is 5.73 Å². The molecule has 0 aliphatic carbocycles. The second kappa shape index (κ2) is 5.74. The first kappa shape index (κ1) is 13.9. The van der Waals surface area contributed by atoms with Crippen molar-refractivity contribution in [2.45, 2.75) is 6.92 Å². The van der Waals surface area contributed by atoms with Gasteiger partial charge in [0.1, 0.15) is 0 Å². The Bertz CT molecular complexity index is 766. The number of hydrogen-bond acceptors (Lipinski definition) is 3. The van der Waals surface area contributed by atoms with Crippen LogP contribution in [0.5, 0.6) is 0 Å². The van der Waals surface area contributed by atoms with Gasteiger partial charge in [-0.1, -0.05) is 34.1 Å². The average Bonchev–Trinajstić information content (AvgIpc) is 2.51. The zero-order chi connectivity index (χ0) is 14.8. The average molecular weight is 342 g/mol. The number of halogens is 1. The van der Waals surface area contributed by atoms with E-state index in [1.165, 1.54) is 0 Å². The number of nitrogen functional groups attached to an aromatic ring is 1. The smallest absolute Gasteiger partial charge is 0.0756 e. The number of para-hydroxylation sites is 1. The maximum absolute atomic E-state index is 6.23. The van der Waals surface area contributed by atoms with Gasteiger partial charge in [-0.2, -0.15) is 0 Å². The number of rotatable bonds is 3. The van der Waals surface area contributed by atoms with Crippen LogP contribution >= 0.6 is 15.9 Å². The summed E-state index contributed by atoms with van der Waals surface area (Å²) in [5.41, 5.74) is 9.99. The molecule has 3 aromatic rings. The van der Waals surface area contributed by atoms with Crippen LogP contribution in [-0.4, -0.2) is 11.5 Å². The molecule has 0 saturated heterocycles. The van der Waals surface area contributed by atoms with E-state index >= 15 is 0 Å². The summed E-state index contributed by atoms with van der Waals surface area (Å²) >= 11 is 3.53. The summed E-state index contributed by atoms with van der Waals surface area (Å²) in [5.74, 6) is 0. The molecule has 0 bridgehead atoms. The molecule has 0 radical (unpaired) electrons. The van der Waals surface area contributed by atoms with Crippen molar-refractivity contribution in [3.63, 3.8) is 0 Å². The van der Waals surface area contributed by atoms with Gasteiger partial charge in [0, 0.05) is 22.1 Å². The number of nitrogens with two attached hydrogens (primary N) is 1. The highest BCUT2D eigenvalue weighted by Crippen LogP contribution is 2.37. The van der Waals surface area contributed by atoms with Gasteiger partial charge in [0.2, 0.25) is 0 Å². The maximum atomic E-state index is 6.23. The fourth-order valence-electron chi connectivity index (χ4n) is 2.55. The molecule has 2 N–H and O–H groups in total. The van der Waals surface area contributed by atoms with Gasteiger partial charge in [-0.3, -0.25) is 4.98 Å². The largest absolute Gasteiger partial charge is 0.396 e. The number of aromatic nitrogens is 1. The molecule has 1 heterocycles. The van der Waals surface area contributed by atoms with Crippen molar-refractivity contribution in [3.05, 3.63) is 59.2 Å². The van der Waals surface area contributed by atoms with Crippen LogP contribution in [0.1, 0.15) is 6.92 Å². The quantitative estimate of drug-likeness (QED) is 0.748. The zero-order valence-electron chi connectivity index (χ0n) is 11.8. The van der Waals surface area contributed by atoms with Gasteiger partial charge in [0.15, 0.2) is 0 Å². The Balaban J connectivity index is 2.27. The van der Waals surface area contributed by atoms with Gasteiger partial charge in [-0.15, -0.1) is 0 Å². The Labute approximate surface area is 132 Å². The Morgan fingerprint density at radius 3 is 2.62 bits per heavy atom. The van der Waals surface area contributed by atoms with Gasteiger partial charge < -0.3 is 10.6 Å². The Kier molecular flexibility index (Phi) is 3.80. The van der Waals surface area contributed by atoms with Gasteiger partial charge in [-0.05, 0) is 37.3 Å². The molecule has 3 nitrogen and oxygen atoms in total.